The molecular formula is C26H17N3O5. The van der Waals surface area contributed by atoms with Crippen LogP contribution in [0.3, 0.4) is 0 Å². The maximum Gasteiger partial charge on any atom is 0.313 e. The summed E-state index contributed by atoms with van der Waals surface area (Å²) in [5.41, 5.74) is 4.19. The van der Waals surface area contributed by atoms with Gasteiger partial charge in [-0.15, -0.1) is 0 Å². The summed E-state index contributed by atoms with van der Waals surface area (Å²) in [5, 5.41) is 5.70. The van der Waals surface area contributed by atoms with Crippen molar-refractivity contribution in [1.82, 2.24) is 14.5 Å². The van der Waals surface area contributed by atoms with Crippen LogP contribution in [0.1, 0.15) is 39.6 Å². The lowest BCUT2D eigenvalue weighted by molar-refractivity contribution is -0.149. The van der Waals surface area contributed by atoms with E-state index in [1.54, 1.807) is 0 Å². The summed E-state index contributed by atoms with van der Waals surface area (Å²) in [4.78, 5) is 39.1. The molecule has 34 heavy (non-hydrogen) atoms. The zero-order chi connectivity index (χ0) is 22.9. The fraction of sp³-hybridized carbons (Fsp3) is 0.192. The number of nitrogens with zero attached hydrogens (tertiary/aromatic N) is 2. The molecule has 3 aliphatic rings. The Bertz CT molecular complexity index is 1810. The molecule has 3 atom stereocenters. The predicted octanol–water partition coefficient (Wildman–Crippen LogP) is 4.01. The van der Waals surface area contributed by atoms with Crippen LogP contribution >= 0.6 is 0 Å². The molecule has 2 aromatic heterocycles. The number of carbonyl (C=O) groups excluding carboxylic acids is 3. The standard InChI is InChI=1S/C26H17N3O5/c1-33-26(32)13-10-16-28-14-8-4-2-6-11(14)17-19-20(24(31)27-23(19)30)18-12-7-3-5-9-15(12)29(25(13)34-16)22(18)21(17)28/h2-9,13,16,25H,10H2,1H3,(H,27,30,31). The highest BCUT2D eigenvalue weighted by molar-refractivity contribution is 6.39. The van der Waals surface area contributed by atoms with Crippen LogP contribution < -0.4 is 5.32 Å². The Kier molecular flexibility index (Phi) is 3.14. The number of amides is 2. The van der Waals surface area contributed by atoms with E-state index in [1.165, 1.54) is 7.11 Å². The van der Waals surface area contributed by atoms with Crippen molar-refractivity contribution >= 4 is 61.4 Å². The van der Waals surface area contributed by atoms with Gasteiger partial charge in [0.05, 0.1) is 40.3 Å². The number of nitrogens with one attached hydrogen (secondary N) is 1. The maximum atomic E-state index is 13.2. The van der Waals surface area contributed by atoms with Gasteiger partial charge < -0.3 is 18.6 Å². The van der Waals surface area contributed by atoms with E-state index in [2.05, 4.69) is 9.88 Å². The first-order valence-corrected chi connectivity index (χ1v) is 11.2. The lowest BCUT2D eigenvalue weighted by Crippen LogP contribution is -2.24. The number of imide groups is 1. The third kappa shape index (κ3) is 1.86. The highest BCUT2D eigenvalue weighted by atomic mass is 16.5. The van der Waals surface area contributed by atoms with Gasteiger partial charge in [0, 0.05) is 28.0 Å². The smallest absolute Gasteiger partial charge is 0.313 e. The van der Waals surface area contributed by atoms with Gasteiger partial charge in [0.1, 0.15) is 12.1 Å². The third-order valence-electron chi connectivity index (χ3n) is 7.62. The Balaban J connectivity index is 1.72. The van der Waals surface area contributed by atoms with E-state index in [4.69, 9.17) is 9.47 Å². The zero-order valence-electron chi connectivity index (χ0n) is 18.0. The van der Waals surface area contributed by atoms with Crippen LogP contribution in [0.5, 0.6) is 0 Å². The Hall–Kier alpha value is -4.17. The first-order chi connectivity index (χ1) is 16.6. The van der Waals surface area contributed by atoms with E-state index in [-0.39, 0.29) is 11.9 Å². The minimum atomic E-state index is -0.597. The van der Waals surface area contributed by atoms with Crippen LogP contribution in [0.15, 0.2) is 48.5 Å². The quantitative estimate of drug-likeness (QED) is 0.307. The molecule has 0 spiro atoms. The second-order valence-electron chi connectivity index (χ2n) is 9.10. The number of ether oxygens (including phenoxy) is 2. The molecule has 5 aromatic rings. The molecule has 5 heterocycles. The van der Waals surface area contributed by atoms with Gasteiger partial charge in [-0.3, -0.25) is 19.7 Å². The van der Waals surface area contributed by atoms with Crippen LogP contribution in [-0.4, -0.2) is 34.0 Å². The Morgan fingerprint density at radius 1 is 0.912 bits per heavy atom. The number of hydrogen-bond donors (Lipinski definition) is 1. The normalized spacial score (nSPS) is 22.8. The average Bonchev–Trinajstić information content (AvgIpc) is 3.55. The van der Waals surface area contributed by atoms with Gasteiger partial charge in [0.15, 0.2) is 6.23 Å². The van der Waals surface area contributed by atoms with E-state index in [9.17, 15) is 14.4 Å². The first-order valence-electron chi connectivity index (χ1n) is 11.2. The van der Waals surface area contributed by atoms with Crippen LogP contribution in [0.25, 0.3) is 43.6 Å². The molecule has 2 bridgehead atoms. The van der Waals surface area contributed by atoms with Gasteiger partial charge in [-0.2, -0.15) is 0 Å². The number of benzene rings is 3. The number of carbonyl (C=O) groups is 3. The molecule has 1 N–H and O–H groups in total. The number of methoxy groups -OCH3 is 1. The zero-order valence-corrected chi connectivity index (χ0v) is 18.0. The van der Waals surface area contributed by atoms with Gasteiger partial charge in [-0.25, -0.2) is 0 Å². The maximum absolute atomic E-state index is 13.2. The van der Waals surface area contributed by atoms with Crippen LogP contribution in [0.2, 0.25) is 0 Å². The highest BCUT2D eigenvalue weighted by Gasteiger charge is 2.48. The van der Waals surface area contributed by atoms with E-state index >= 15 is 0 Å². The number of rotatable bonds is 1. The van der Waals surface area contributed by atoms with Crippen molar-refractivity contribution in [1.29, 1.82) is 0 Å². The molecule has 2 amide bonds. The summed E-state index contributed by atoms with van der Waals surface area (Å²) >= 11 is 0. The lowest BCUT2D eigenvalue weighted by Gasteiger charge is -2.20. The van der Waals surface area contributed by atoms with Crippen molar-refractivity contribution in [2.45, 2.75) is 18.9 Å². The molecule has 0 aliphatic carbocycles. The van der Waals surface area contributed by atoms with Crippen molar-refractivity contribution in [3.63, 3.8) is 0 Å². The van der Waals surface area contributed by atoms with Gasteiger partial charge in [0.25, 0.3) is 11.8 Å². The summed E-state index contributed by atoms with van der Waals surface area (Å²) in [6.07, 6.45) is -0.572. The third-order valence-corrected chi connectivity index (χ3v) is 7.62. The number of aromatic nitrogens is 2. The van der Waals surface area contributed by atoms with Crippen LogP contribution in [0.4, 0.5) is 0 Å². The molecule has 3 aliphatic heterocycles. The minimum Gasteiger partial charge on any atom is -0.469 e. The second kappa shape index (κ2) is 5.84. The van der Waals surface area contributed by atoms with Gasteiger partial charge >= 0.3 is 5.97 Å². The number of fused-ring (bicyclic) bond motifs is 13. The Morgan fingerprint density at radius 3 is 2.09 bits per heavy atom. The first kappa shape index (κ1) is 18.3. The molecule has 3 aromatic carbocycles. The Labute approximate surface area is 191 Å². The molecule has 8 heteroatoms. The molecule has 0 radical (unpaired) electrons. The minimum absolute atomic E-state index is 0.330. The lowest BCUT2D eigenvalue weighted by atomic mass is 9.96. The average molecular weight is 451 g/mol. The molecule has 1 fully saturated rings. The van der Waals surface area contributed by atoms with Crippen molar-refractivity contribution in [3.8, 4) is 0 Å². The Morgan fingerprint density at radius 2 is 1.47 bits per heavy atom. The highest BCUT2D eigenvalue weighted by Crippen LogP contribution is 2.54. The van der Waals surface area contributed by atoms with Crippen LogP contribution in [-0.2, 0) is 14.3 Å². The van der Waals surface area contributed by atoms with Crippen LogP contribution in [0, 0.1) is 5.92 Å². The fourth-order valence-corrected chi connectivity index (χ4v) is 6.41. The molecule has 3 unspecified atom stereocenters. The molecular weight excluding hydrogens is 434 g/mol. The molecule has 166 valence electrons. The molecule has 1 saturated heterocycles. The summed E-state index contributed by atoms with van der Waals surface area (Å²) in [7, 11) is 1.39. The second-order valence-corrected chi connectivity index (χ2v) is 9.10. The predicted molar refractivity (Wildman–Crippen MR) is 124 cm³/mol. The van der Waals surface area contributed by atoms with Crippen molar-refractivity contribution in [2.24, 2.45) is 5.92 Å². The SMILES string of the molecule is COC(=O)C1CC2OC1n1c3ccccc3c3c4c(c5c6ccccc6n2c5c31)C(=O)NC4=O. The van der Waals surface area contributed by atoms with Crippen molar-refractivity contribution < 1.29 is 23.9 Å². The monoisotopic (exact) mass is 451 g/mol. The molecule has 0 saturated carbocycles. The largest absolute Gasteiger partial charge is 0.469 e. The summed E-state index contributed by atoms with van der Waals surface area (Å²) in [5.74, 6) is -1.63. The summed E-state index contributed by atoms with van der Waals surface area (Å²) in [6.45, 7) is 0. The van der Waals surface area contributed by atoms with E-state index in [1.807, 2.05) is 53.1 Å². The van der Waals surface area contributed by atoms with Crippen molar-refractivity contribution in [3.05, 3.63) is 59.7 Å². The van der Waals surface area contributed by atoms with E-state index < -0.39 is 24.3 Å². The van der Waals surface area contributed by atoms with E-state index in [0.29, 0.717) is 22.9 Å². The topological polar surface area (TPSA) is 91.6 Å². The van der Waals surface area contributed by atoms with Gasteiger partial charge in [0.2, 0.25) is 0 Å². The van der Waals surface area contributed by atoms with E-state index in [0.717, 1.165) is 38.2 Å². The fourth-order valence-electron chi connectivity index (χ4n) is 6.41. The number of hydrogen-bond acceptors (Lipinski definition) is 5. The van der Waals surface area contributed by atoms with Gasteiger partial charge in [-0.1, -0.05) is 36.4 Å². The summed E-state index contributed by atoms with van der Waals surface area (Å²) < 4.78 is 15.9. The molecule has 8 rings (SSSR count). The van der Waals surface area contributed by atoms with Gasteiger partial charge in [-0.05, 0) is 12.1 Å². The number of para-hydroxylation sites is 2. The van der Waals surface area contributed by atoms with Crippen molar-refractivity contribution in [2.75, 3.05) is 7.11 Å². The molecule has 8 nitrogen and oxygen atoms in total. The number of esters is 1. The summed E-state index contributed by atoms with van der Waals surface area (Å²) in [6, 6.07) is 15.6.